The number of amides is 1. The highest BCUT2D eigenvalue weighted by Gasteiger charge is 2.21. The summed E-state index contributed by atoms with van der Waals surface area (Å²) in [6.07, 6.45) is 4.72. The summed E-state index contributed by atoms with van der Waals surface area (Å²) in [6.45, 7) is 6.58. The second-order valence-corrected chi connectivity index (χ2v) is 6.54. The number of aryl methyl sites for hydroxylation is 2. The number of carbonyl (C=O) groups excluding carboxylic acids is 1. The number of likely N-dealkylation sites (N-methyl/N-ethyl adjacent to an activating group) is 1. The van der Waals surface area contributed by atoms with Crippen molar-refractivity contribution in [2.24, 2.45) is 0 Å². The predicted octanol–water partition coefficient (Wildman–Crippen LogP) is 3.48. The van der Waals surface area contributed by atoms with Crippen LogP contribution in [0.5, 0.6) is 5.75 Å². The van der Waals surface area contributed by atoms with Gasteiger partial charge < -0.3 is 15.0 Å². The number of unbranched alkanes of at least 4 members (excludes halogenated alkanes) is 1. The molecule has 1 N–H and O–H groups in total. The maximum absolute atomic E-state index is 12.2. The molecule has 0 aromatic heterocycles. The van der Waals surface area contributed by atoms with E-state index in [1.807, 2.05) is 11.9 Å². The minimum absolute atomic E-state index is 0. The molecule has 1 aliphatic heterocycles. The van der Waals surface area contributed by atoms with Gasteiger partial charge in [0, 0.05) is 25.6 Å². The number of benzene rings is 1. The number of halogens is 1. The highest BCUT2D eigenvalue weighted by Crippen LogP contribution is 2.19. The molecule has 136 valence electrons. The molecule has 0 radical (unpaired) electrons. The first-order chi connectivity index (χ1) is 11.1. The lowest BCUT2D eigenvalue weighted by Crippen LogP contribution is -2.46. The van der Waals surface area contributed by atoms with Gasteiger partial charge in [-0.3, -0.25) is 4.79 Å². The Balaban J connectivity index is 0.00000288. The average molecular weight is 355 g/mol. The summed E-state index contributed by atoms with van der Waals surface area (Å²) in [5.41, 5.74) is 2.38. The molecule has 1 unspecified atom stereocenters. The molecule has 1 aromatic rings. The Bertz CT molecular complexity index is 522. The van der Waals surface area contributed by atoms with Gasteiger partial charge in [-0.1, -0.05) is 12.1 Å². The highest BCUT2D eigenvalue weighted by atomic mass is 35.5. The van der Waals surface area contributed by atoms with Crippen molar-refractivity contribution in [3.8, 4) is 5.75 Å². The molecule has 0 spiro atoms. The lowest BCUT2D eigenvalue weighted by molar-refractivity contribution is -0.132. The Hall–Kier alpha value is -1.26. The van der Waals surface area contributed by atoms with Crippen molar-refractivity contribution in [3.63, 3.8) is 0 Å². The molecular formula is C19H31ClN2O2. The number of piperidine rings is 1. The van der Waals surface area contributed by atoms with E-state index >= 15 is 0 Å². The molecule has 0 bridgehead atoms. The molecule has 1 fully saturated rings. The summed E-state index contributed by atoms with van der Waals surface area (Å²) in [5, 5.41) is 3.28. The zero-order chi connectivity index (χ0) is 16.7. The molecular weight excluding hydrogens is 324 g/mol. The van der Waals surface area contributed by atoms with E-state index in [-0.39, 0.29) is 18.3 Å². The van der Waals surface area contributed by atoms with E-state index in [9.17, 15) is 4.79 Å². The minimum atomic E-state index is 0. The molecule has 1 aromatic carbocycles. The van der Waals surface area contributed by atoms with Gasteiger partial charge in [0.25, 0.3) is 0 Å². The fourth-order valence-electron chi connectivity index (χ4n) is 3.02. The maximum atomic E-state index is 12.2. The van der Waals surface area contributed by atoms with Gasteiger partial charge in [-0.05, 0) is 63.8 Å². The van der Waals surface area contributed by atoms with Gasteiger partial charge in [-0.15, -0.1) is 12.4 Å². The zero-order valence-electron chi connectivity index (χ0n) is 15.1. The molecule has 1 saturated heterocycles. The molecule has 0 saturated carbocycles. The van der Waals surface area contributed by atoms with Gasteiger partial charge in [0.2, 0.25) is 5.91 Å². The summed E-state index contributed by atoms with van der Waals surface area (Å²) < 4.78 is 5.84. The van der Waals surface area contributed by atoms with Crippen molar-refractivity contribution >= 4 is 18.3 Å². The summed E-state index contributed by atoms with van der Waals surface area (Å²) in [5.74, 6) is 1.25. The number of likely N-dealkylation sites (tertiary alicyclic amines) is 1. The van der Waals surface area contributed by atoms with Crippen LogP contribution in [0.25, 0.3) is 0 Å². The largest absolute Gasteiger partial charge is 0.493 e. The van der Waals surface area contributed by atoms with E-state index in [1.165, 1.54) is 12.0 Å². The van der Waals surface area contributed by atoms with Crippen LogP contribution in [-0.4, -0.2) is 43.6 Å². The van der Waals surface area contributed by atoms with Gasteiger partial charge in [-0.2, -0.15) is 0 Å². The van der Waals surface area contributed by atoms with E-state index < -0.39 is 0 Å². The van der Waals surface area contributed by atoms with Crippen molar-refractivity contribution in [2.75, 3.05) is 26.7 Å². The van der Waals surface area contributed by atoms with E-state index in [0.717, 1.165) is 43.7 Å². The van der Waals surface area contributed by atoms with E-state index in [0.29, 0.717) is 19.1 Å². The number of rotatable bonds is 7. The third-order valence-corrected chi connectivity index (χ3v) is 4.57. The smallest absolute Gasteiger partial charge is 0.222 e. The molecule has 4 nitrogen and oxygen atoms in total. The molecule has 1 atom stereocenters. The summed E-state index contributed by atoms with van der Waals surface area (Å²) >= 11 is 0. The lowest BCUT2D eigenvalue weighted by Gasteiger charge is -2.32. The van der Waals surface area contributed by atoms with Crippen LogP contribution in [0.1, 0.15) is 43.2 Å². The summed E-state index contributed by atoms with van der Waals surface area (Å²) in [4.78, 5) is 14.3. The Labute approximate surface area is 152 Å². The average Bonchev–Trinajstić information content (AvgIpc) is 2.57. The topological polar surface area (TPSA) is 41.6 Å². The number of hydrogen-bond donors (Lipinski definition) is 1. The van der Waals surface area contributed by atoms with Gasteiger partial charge in [0.05, 0.1) is 6.61 Å². The number of nitrogens with one attached hydrogen (secondary N) is 1. The quantitative estimate of drug-likeness (QED) is 0.762. The second-order valence-electron chi connectivity index (χ2n) is 6.54. The fourth-order valence-corrected chi connectivity index (χ4v) is 3.02. The predicted molar refractivity (Wildman–Crippen MR) is 101 cm³/mol. The van der Waals surface area contributed by atoms with Crippen LogP contribution in [0.3, 0.4) is 0 Å². The number of ether oxygens (including phenoxy) is 1. The first kappa shape index (κ1) is 20.8. The minimum Gasteiger partial charge on any atom is -0.493 e. The number of carbonyl (C=O) groups is 1. The van der Waals surface area contributed by atoms with Crippen LogP contribution in [-0.2, 0) is 4.79 Å². The monoisotopic (exact) mass is 354 g/mol. The molecule has 2 rings (SSSR count). The lowest BCUT2D eigenvalue weighted by atomic mass is 10.1. The number of hydrogen-bond acceptors (Lipinski definition) is 3. The third-order valence-electron chi connectivity index (χ3n) is 4.57. The first-order valence-corrected chi connectivity index (χ1v) is 8.75. The van der Waals surface area contributed by atoms with Crippen LogP contribution >= 0.6 is 12.4 Å². The van der Waals surface area contributed by atoms with Crippen molar-refractivity contribution in [2.45, 2.75) is 52.0 Å². The molecule has 5 heteroatoms. The SMILES string of the molecule is CNC1CCCN(C(=O)CCCCOc2cc(C)ccc2C)C1.Cl. The summed E-state index contributed by atoms with van der Waals surface area (Å²) in [7, 11) is 1.98. The highest BCUT2D eigenvalue weighted by molar-refractivity contribution is 5.85. The van der Waals surface area contributed by atoms with Crippen molar-refractivity contribution in [3.05, 3.63) is 29.3 Å². The Kier molecular flexibility index (Phi) is 9.16. The first-order valence-electron chi connectivity index (χ1n) is 8.75. The van der Waals surface area contributed by atoms with Crippen LogP contribution in [0.2, 0.25) is 0 Å². The second kappa shape index (κ2) is 10.6. The molecule has 1 aliphatic rings. The molecule has 0 aliphatic carbocycles. The number of nitrogens with zero attached hydrogens (tertiary/aromatic N) is 1. The van der Waals surface area contributed by atoms with E-state index in [2.05, 4.69) is 37.4 Å². The van der Waals surface area contributed by atoms with Crippen molar-refractivity contribution in [1.82, 2.24) is 10.2 Å². The molecule has 1 amide bonds. The van der Waals surface area contributed by atoms with E-state index in [1.54, 1.807) is 0 Å². The fraction of sp³-hybridized carbons (Fsp3) is 0.632. The zero-order valence-corrected chi connectivity index (χ0v) is 16.0. The van der Waals surface area contributed by atoms with Crippen LogP contribution in [0, 0.1) is 13.8 Å². The Morgan fingerprint density at radius 3 is 2.88 bits per heavy atom. The third kappa shape index (κ3) is 6.33. The van der Waals surface area contributed by atoms with Gasteiger partial charge in [0.1, 0.15) is 5.75 Å². The van der Waals surface area contributed by atoms with Crippen LogP contribution in [0.15, 0.2) is 18.2 Å². The summed E-state index contributed by atoms with van der Waals surface area (Å²) in [6, 6.07) is 6.72. The molecule has 24 heavy (non-hydrogen) atoms. The standard InChI is InChI=1S/C19H30N2O2.ClH/c1-15-9-10-16(2)18(13-15)23-12-5-4-8-19(22)21-11-6-7-17(14-21)20-3;/h9-10,13,17,20H,4-8,11-12,14H2,1-3H3;1H. The van der Waals surface area contributed by atoms with Gasteiger partial charge >= 0.3 is 0 Å². The van der Waals surface area contributed by atoms with Gasteiger partial charge in [-0.25, -0.2) is 0 Å². The van der Waals surface area contributed by atoms with Crippen molar-refractivity contribution < 1.29 is 9.53 Å². The Morgan fingerprint density at radius 2 is 2.12 bits per heavy atom. The van der Waals surface area contributed by atoms with Crippen LogP contribution in [0.4, 0.5) is 0 Å². The Morgan fingerprint density at radius 1 is 1.33 bits per heavy atom. The van der Waals surface area contributed by atoms with E-state index in [4.69, 9.17) is 4.74 Å². The normalized spacial score (nSPS) is 17.3. The van der Waals surface area contributed by atoms with Crippen molar-refractivity contribution in [1.29, 1.82) is 0 Å². The van der Waals surface area contributed by atoms with Gasteiger partial charge in [0.15, 0.2) is 0 Å². The maximum Gasteiger partial charge on any atom is 0.222 e. The molecule has 1 heterocycles. The van der Waals surface area contributed by atoms with Crippen LogP contribution < -0.4 is 10.1 Å².